The highest BCUT2D eigenvalue weighted by molar-refractivity contribution is 6.06. The fourth-order valence-electron chi connectivity index (χ4n) is 4.80. The van der Waals surface area contributed by atoms with E-state index < -0.39 is 11.7 Å². The lowest BCUT2D eigenvalue weighted by molar-refractivity contribution is 0.0939. The van der Waals surface area contributed by atoms with Crippen molar-refractivity contribution in [1.82, 2.24) is 30.0 Å². The van der Waals surface area contributed by atoms with Crippen molar-refractivity contribution in [3.63, 3.8) is 0 Å². The number of amides is 2. The number of likely N-dealkylation sites (tertiary alicyclic amines) is 1. The first-order valence-electron chi connectivity index (χ1n) is 12.3. The molecule has 1 saturated heterocycles. The number of rotatable bonds is 7. The normalized spacial score (nSPS) is 15.2. The lowest BCUT2D eigenvalue weighted by Gasteiger charge is -2.31. The van der Waals surface area contributed by atoms with Crippen LogP contribution in [0.15, 0.2) is 48.9 Å². The molecule has 0 spiro atoms. The summed E-state index contributed by atoms with van der Waals surface area (Å²) >= 11 is 0. The van der Waals surface area contributed by atoms with Crippen LogP contribution < -0.4 is 10.6 Å². The van der Waals surface area contributed by atoms with Gasteiger partial charge >= 0.3 is 0 Å². The zero-order chi connectivity index (χ0) is 26.2. The maximum absolute atomic E-state index is 14.5. The zero-order valence-electron chi connectivity index (χ0n) is 21.1. The Balaban J connectivity index is 1.25. The topological polar surface area (TPSA) is 108 Å². The van der Waals surface area contributed by atoms with Gasteiger partial charge in [-0.2, -0.15) is 5.10 Å². The second kappa shape index (κ2) is 9.78. The Labute approximate surface area is 214 Å². The molecular formula is C27H30FN7O2. The lowest BCUT2D eigenvalue weighted by Crippen LogP contribution is -2.43. The van der Waals surface area contributed by atoms with E-state index in [1.165, 1.54) is 24.4 Å². The number of hydrogen-bond acceptors (Lipinski definition) is 5. The summed E-state index contributed by atoms with van der Waals surface area (Å²) in [4.78, 5) is 35.5. The molecule has 0 atom stereocenters. The number of benzene rings is 1. The molecular weight excluding hydrogens is 473 g/mol. The second-order valence-electron chi connectivity index (χ2n) is 10.1. The number of anilines is 1. The number of aromatic nitrogens is 4. The third-order valence-corrected chi connectivity index (χ3v) is 6.96. The van der Waals surface area contributed by atoms with E-state index in [1.54, 1.807) is 16.9 Å². The molecule has 0 bridgehead atoms. The molecule has 1 aromatic carbocycles. The van der Waals surface area contributed by atoms with Crippen molar-refractivity contribution < 1.29 is 14.0 Å². The molecule has 0 radical (unpaired) electrons. The smallest absolute Gasteiger partial charge is 0.257 e. The van der Waals surface area contributed by atoms with Crippen molar-refractivity contribution in [3.05, 3.63) is 65.9 Å². The van der Waals surface area contributed by atoms with E-state index in [-0.39, 0.29) is 28.3 Å². The van der Waals surface area contributed by atoms with Gasteiger partial charge in [0.2, 0.25) is 0 Å². The summed E-state index contributed by atoms with van der Waals surface area (Å²) in [5.41, 5.74) is 2.96. The quantitative estimate of drug-likeness (QED) is 0.354. The van der Waals surface area contributed by atoms with Crippen molar-refractivity contribution in [2.24, 2.45) is 7.05 Å². The Morgan fingerprint density at radius 3 is 2.70 bits per heavy atom. The van der Waals surface area contributed by atoms with Gasteiger partial charge < -0.3 is 15.6 Å². The summed E-state index contributed by atoms with van der Waals surface area (Å²) in [6, 6.07) is 7.51. The summed E-state index contributed by atoms with van der Waals surface area (Å²) in [5, 5.41) is 10.4. The van der Waals surface area contributed by atoms with Crippen molar-refractivity contribution in [2.75, 3.05) is 25.0 Å². The Morgan fingerprint density at radius 1 is 1.14 bits per heavy atom. The molecule has 1 aliphatic rings. The van der Waals surface area contributed by atoms with Crippen LogP contribution in [0, 0.1) is 5.82 Å². The van der Waals surface area contributed by atoms with Gasteiger partial charge in [0, 0.05) is 54.6 Å². The molecule has 4 heterocycles. The first-order valence-corrected chi connectivity index (χ1v) is 12.3. The summed E-state index contributed by atoms with van der Waals surface area (Å²) in [6.07, 6.45) is 7.32. The van der Waals surface area contributed by atoms with Gasteiger partial charge in [0.05, 0.1) is 23.1 Å². The standard InChI is InChI=1S/C27H30FN7O2/c1-27(2)7-4-9-35(27)10-8-29-25(36)17-5-6-21(28)23(12-17)33-26(37)19-11-18-13-22(32-24(18)30-14-19)20-15-31-34(3)16-20/h5-6,11-16H,4,7-10H2,1-3H3,(H,29,36)(H,30,32)(H,33,37). The first-order chi connectivity index (χ1) is 17.7. The summed E-state index contributed by atoms with van der Waals surface area (Å²) in [7, 11) is 1.83. The molecule has 3 aromatic heterocycles. The van der Waals surface area contributed by atoms with Gasteiger partial charge in [-0.3, -0.25) is 19.2 Å². The number of carbonyl (C=O) groups excluding carboxylic acids is 2. The average Bonchev–Trinajstić information content (AvgIpc) is 3.57. The van der Waals surface area contributed by atoms with Crippen LogP contribution in [0.5, 0.6) is 0 Å². The van der Waals surface area contributed by atoms with Crippen LogP contribution in [0.2, 0.25) is 0 Å². The van der Waals surface area contributed by atoms with Gasteiger partial charge in [0.25, 0.3) is 11.8 Å². The van der Waals surface area contributed by atoms with Gasteiger partial charge in [-0.05, 0) is 63.6 Å². The van der Waals surface area contributed by atoms with E-state index in [0.717, 1.165) is 42.6 Å². The number of halogens is 1. The van der Waals surface area contributed by atoms with Crippen molar-refractivity contribution in [1.29, 1.82) is 0 Å². The fraction of sp³-hybridized carbons (Fsp3) is 0.333. The molecule has 10 heteroatoms. The number of hydrogen-bond donors (Lipinski definition) is 3. The Bertz CT molecular complexity index is 1470. The number of H-pyrrole nitrogens is 1. The SMILES string of the molecule is Cn1cc(-c2cc3cc(C(=O)Nc4cc(C(=O)NCCN5CCCC5(C)C)ccc4F)cnc3[nH]2)cn1. The highest BCUT2D eigenvalue weighted by atomic mass is 19.1. The van der Waals surface area contributed by atoms with Crippen LogP contribution in [0.4, 0.5) is 10.1 Å². The number of nitrogens with zero attached hydrogens (tertiary/aromatic N) is 4. The summed E-state index contributed by atoms with van der Waals surface area (Å²) in [5.74, 6) is -1.46. The maximum atomic E-state index is 14.5. The summed E-state index contributed by atoms with van der Waals surface area (Å²) < 4.78 is 16.2. The Hall–Kier alpha value is -4.05. The van der Waals surface area contributed by atoms with Crippen molar-refractivity contribution in [2.45, 2.75) is 32.2 Å². The molecule has 0 unspecified atom stereocenters. The predicted molar refractivity (Wildman–Crippen MR) is 140 cm³/mol. The minimum atomic E-state index is -0.627. The molecule has 4 aromatic rings. The molecule has 5 rings (SSSR count). The van der Waals surface area contributed by atoms with E-state index in [4.69, 9.17) is 0 Å². The van der Waals surface area contributed by atoms with Gasteiger partial charge in [-0.25, -0.2) is 9.37 Å². The van der Waals surface area contributed by atoms with Crippen LogP contribution in [0.1, 0.15) is 47.4 Å². The van der Waals surface area contributed by atoms with Crippen LogP contribution in [0.3, 0.4) is 0 Å². The number of carbonyl (C=O) groups is 2. The fourth-order valence-corrected chi connectivity index (χ4v) is 4.80. The van der Waals surface area contributed by atoms with Gasteiger partial charge in [0.15, 0.2) is 0 Å². The molecule has 3 N–H and O–H groups in total. The van der Waals surface area contributed by atoms with E-state index >= 15 is 0 Å². The number of nitrogens with one attached hydrogen (secondary N) is 3. The molecule has 2 amide bonds. The van der Waals surface area contributed by atoms with Crippen LogP contribution in [-0.2, 0) is 7.05 Å². The molecule has 192 valence electrons. The van der Waals surface area contributed by atoms with Crippen LogP contribution in [-0.4, -0.2) is 61.6 Å². The van der Waals surface area contributed by atoms with Crippen LogP contribution >= 0.6 is 0 Å². The van der Waals surface area contributed by atoms with Crippen molar-refractivity contribution in [3.8, 4) is 11.3 Å². The monoisotopic (exact) mass is 503 g/mol. The molecule has 1 fully saturated rings. The number of fused-ring (bicyclic) bond motifs is 1. The minimum absolute atomic E-state index is 0.0662. The van der Waals surface area contributed by atoms with E-state index in [0.29, 0.717) is 12.2 Å². The minimum Gasteiger partial charge on any atom is -0.351 e. The van der Waals surface area contributed by atoms with E-state index in [2.05, 4.69) is 44.4 Å². The molecule has 0 aliphatic carbocycles. The Morgan fingerprint density at radius 2 is 1.97 bits per heavy atom. The third-order valence-electron chi connectivity index (χ3n) is 6.96. The highest BCUT2D eigenvalue weighted by Crippen LogP contribution is 2.27. The highest BCUT2D eigenvalue weighted by Gasteiger charge is 2.31. The number of aryl methyl sites for hydroxylation is 1. The molecule has 37 heavy (non-hydrogen) atoms. The van der Waals surface area contributed by atoms with E-state index in [1.807, 2.05) is 19.3 Å². The van der Waals surface area contributed by atoms with E-state index in [9.17, 15) is 14.0 Å². The number of pyridine rings is 1. The average molecular weight is 504 g/mol. The second-order valence-corrected chi connectivity index (χ2v) is 10.1. The predicted octanol–water partition coefficient (Wildman–Crippen LogP) is 3.96. The third kappa shape index (κ3) is 5.24. The lowest BCUT2D eigenvalue weighted by atomic mass is 10.0. The molecule has 0 saturated carbocycles. The van der Waals surface area contributed by atoms with Gasteiger partial charge in [-0.1, -0.05) is 0 Å². The molecule has 9 nitrogen and oxygen atoms in total. The maximum Gasteiger partial charge on any atom is 0.257 e. The first kappa shape index (κ1) is 24.6. The largest absolute Gasteiger partial charge is 0.351 e. The Kier molecular flexibility index (Phi) is 6.51. The van der Waals surface area contributed by atoms with Gasteiger partial charge in [-0.15, -0.1) is 0 Å². The van der Waals surface area contributed by atoms with Crippen LogP contribution in [0.25, 0.3) is 22.3 Å². The summed E-state index contributed by atoms with van der Waals surface area (Å²) in [6.45, 7) is 6.68. The van der Waals surface area contributed by atoms with Crippen molar-refractivity contribution >= 4 is 28.5 Å². The molecule has 1 aliphatic heterocycles. The number of aromatic amines is 1. The zero-order valence-corrected chi connectivity index (χ0v) is 21.1. The van der Waals surface area contributed by atoms with Gasteiger partial charge in [0.1, 0.15) is 11.5 Å².